The summed E-state index contributed by atoms with van der Waals surface area (Å²) in [5.74, 6) is 0.744. The van der Waals surface area contributed by atoms with Crippen LogP contribution in [-0.4, -0.2) is 50.7 Å². The maximum Gasteiger partial charge on any atom is 0.240 e. The molecule has 0 aromatic heterocycles. The van der Waals surface area contributed by atoms with Crippen LogP contribution in [0.5, 0.6) is 0 Å². The highest BCUT2D eigenvalue weighted by Crippen LogP contribution is 2.16. The van der Waals surface area contributed by atoms with E-state index in [0.29, 0.717) is 6.54 Å². The van der Waals surface area contributed by atoms with Gasteiger partial charge in [0.05, 0.1) is 11.0 Å². The van der Waals surface area contributed by atoms with Crippen LogP contribution in [0.15, 0.2) is 29.2 Å². The molecule has 1 aliphatic heterocycles. The summed E-state index contributed by atoms with van der Waals surface area (Å²) in [5, 5.41) is 10.1. The highest BCUT2D eigenvalue weighted by molar-refractivity contribution is 7.89. The van der Waals surface area contributed by atoms with E-state index in [1.807, 2.05) is 6.92 Å². The largest absolute Gasteiger partial charge is 0.390 e. The van der Waals surface area contributed by atoms with Gasteiger partial charge in [-0.15, -0.1) is 0 Å². The molecular weight excluding hydrogens is 300 g/mol. The van der Waals surface area contributed by atoms with Crippen LogP contribution in [0, 0.1) is 12.8 Å². The summed E-state index contributed by atoms with van der Waals surface area (Å²) in [6, 6.07) is 6.69. The molecule has 2 rings (SSSR count). The first-order valence-corrected chi connectivity index (χ1v) is 9.32. The lowest BCUT2D eigenvalue weighted by molar-refractivity contribution is 0.0942. The number of nitrogens with zero attached hydrogens (tertiary/aromatic N) is 1. The van der Waals surface area contributed by atoms with Crippen LogP contribution < -0.4 is 4.72 Å². The average molecular weight is 326 g/mol. The maximum absolute atomic E-state index is 12.1. The Morgan fingerprint density at radius 1 is 1.27 bits per heavy atom. The normalized spacial score (nSPS) is 19.2. The van der Waals surface area contributed by atoms with Gasteiger partial charge in [0.2, 0.25) is 10.0 Å². The van der Waals surface area contributed by atoms with Crippen molar-refractivity contribution in [2.75, 3.05) is 26.2 Å². The van der Waals surface area contributed by atoms with Crippen molar-refractivity contribution in [3.63, 3.8) is 0 Å². The fourth-order valence-corrected chi connectivity index (χ4v) is 3.69. The average Bonchev–Trinajstić information content (AvgIpc) is 2.48. The van der Waals surface area contributed by atoms with Gasteiger partial charge in [-0.25, -0.2) is 13.1 Å². The molecule has 1 heterocycles. The molecule has 2 N–H and O–H groups in total. The molecule has 0 amide bonds. The molecule has 1 saturated heterocycles. The van der Waals surface area contributed by atoms with Crippen molar-refractivity contribution >= 4 is 10.0 Å². The van der Waals surface area contributed by atoms with Crippen molar-refractivity contribution in [3.8, 4) is 0 Å². The molecule has 0 aliphatic carbocycles. The summed E-state index contributed by atoms with van der Waals surface area (Å²) in [4.78, 5) is 2.43. The molecule has 124 valence electrons. The van der Waals surface area contributed by atoms with Gasteiger partial charge in [0, 0.05) is 13.1 Å². The van der Waals surface area contributed by atoms with Gasteiger partial charge in [0.25, 0.3) is 0 Å². The Hall–Kier alpha value is -0.950. The standard InChI is InChI=1S/C16H26N2O3S/c1-13-3-5-16(6-4-13)22(20,21)17-11-15(19)12-18-9-7-14(2)8-10-18/h3-6,14-15,17,19H,7-12H2,1-2H3. The zero-order valence-electron chi connectivity index (χ0n) is 13.3. The minimum atomic E-state index is -3.55. The summed E-state index contributed by atoms with van der Waals surface area (Å²) in [6.45, 7) is 6.66. The second-order valence-corrected chi connectivity index (χ2v) is 8.07. The molecule has 5 nitrogen and oxygen atoms in total. The summed E-state index contributed by atoms with van der Waals surface area (Å²) in [5.41, 5.74) is 1.01. The Kier molecular flexibility index (Phi) is 5.97. The van der Waals surface area contributed by atoms with Crippen molar-refractivity contribution in [1.29, 1.82) is 0 Å². The first kappa shape index (κ1) is 17.4. The van der Waals surface area contributed by atoms with Crippen molar-refractivity contribution < 1.29 is 13.5 Å². The monoisotopic (exact) mass is 326 g/mol. The molecule has 1 aliphatic rings. The summed E-state index contributed by atoms with van der Waals surface area (Å²) >= 11 is 0. The molecule has 0 saturated carbocycles. The van der Waals surface area contributed by atoms with Crippen LogP contribution in [-0.2, 0) is 10.0 Å². The Balaban J connectivity index is 1.82. The number of piperidine rings is 1. The highest BCUT2D eigenvalue weighted by atomic mass is 32.2. The molecule has 1 aromatic carbocycles. The van der Waals surface area contributed by atoms with Crippen molar-refractivity contribution in [2.45, 2.75) is 37.7 Å². The topological polar surface area (TPSA) is 69.6 Å². The lowest BCUT2D eigenvalue weighted by Gasteiger charge is -2.31. The van der Waals surface area contributed by atoms with Crippen LogP contribution in [0.25, 0.3) is 0 Å². The van der Waals surface area contributed by atoms with Gasteiger partial charge in [-0.05, 0) is 50.9 Å². The first-order chi connectivity index (χ1) is 10.4. The Morgan fingerprint density at radius 2 is 1.86 bits per heavy atom. The van der Waals surface area contributed by atoms with E-state index < -0.39 is 16.1 Å². The van der Waals surface area contributed by atoms with Gasteiger partial charge in [-0.2, -0.15) is 0 Å². The van der Waals surface area contributed by atoms with Gasteiger partial charge in [0.15, 0.2) is 0 Å². The molecule has 1 unspecified atom stereocenters. The number of likely N-dealkylation sites (tertiary alicyclic amines) is 1. The van der Waals surface area contributed by atoms with E-state index in [-0.39, 0.29) is 11.4 Å². The van der Waals surface area contributed by atoms with Crippen LogP contribution in [0.1, 0.15) is 25.3 Å². The number of hydrogen-bond donors (Lipinski definition) is 2. The van der Waals surface area contributed by atoms with Gasteiger partial charge < -0.3 is 10.0 Å². The van der Waals surface area contributed by atoms with Crippen LogP contribution in [0.2, 0.25) is 0 Å². The molecule has 0 spiro atoms. The SMILES string of the molecule is Cc1ccc(S(=O)(=O)NCC(O)CN2CCC(C)CC2)cc1. The van der Waals surface area contributed by atoms with E-state index in [1.165, 1.54) is 0 Å². The summed E-state index contributed by atoms with van der Waals surface area (Å²) in [7, 11) is -3.55. The van der Waals surface area contributed by atoms with Crippen LogP contribution in [0.3, 0.4) is 0 Å². The lowest BCUT2D eigenvalue weighted by Crippen LogP contribution is -2.43. The fourth-order valence-electron chi connectivity index (χ4n) is 2.61. The molecule has 0 bridgehead atoms. The number of aliphatic hydroxyl groups excluding tert-OH is 1. The van der Waals surface area contributed by atoms with E-state index in [2.05, 4.69) is 16.5 Å². The van der Waals surface area contributed by atoms with E-state index in [0.717, 1.165) is 37.4 Å². The van der Waals surface area contributed by atoms with E-state index in [9.17, 15) is 13.5 Å². The van der Waals surface area contributed by atoms with Crippen LogP contribution >= 0.6 is 0 Å². The number of aryl methyl sites for hydroxylation is 1. The van der Waals surface area contributed by atoms with E-state index in [4.69, 9.17) is 0 Å². The predicted molar refractivity (Wildman–Crippen MR) is 87.2 cm³/mol. The van der Waals surface area contributed by atoms with Gasteiger partial charge >= 0.3 is 0 Å². The van der Waals surface area contributed by atoms with Gasteiger partial charge in [-0.1, -0.05) is 24.6 Å². The third-order valence-corrected chi connectivity index (χ3v) is 5.62. The number of rotatable bonds is 6. The molecular formula is C16H26N2O3S. The molecule has 6 heteroatoms. The highest BCUT2D eigenvalue weighted by Gasteiger charge is 2.20. The molecule has 1 atom stereocenters. The quantitative estimate of drug-likeness (QED) is 0.828. The number of β-amino-alcohol motifs (C(OH)–C–C–N with tert-alkyl or cyclic N) is 1. The Morgan fingerprint density at radius 3 is 2.45 bits per heavy atom. The summed E-state index contributed by atoms with van der Waals surface area (Å²) < 4.78 is 26.8. The maximum atomic E-state index is 12.1. The third-order valence-electron chi connectivity index (χ3n) is 4.19. The lowest BCUT2D eigenvalue weighted by atomic mass is 9.99. The molecule has 1 aromatic rings. The Labute approximate surface area is 133 Å². The molecule has 0 radical (unpaired) electrons. The number of sulfonamides is 1. The second kappa shape index (κ2) is 7.55. The second-order valence-electron chi connectivity index (χ2n) is 6.30. The van der Waals surface area contributed by atoms with Gasteiger partial charge in [-0.3, -0.25) is 0 Å². The van der Waals surface area contributed by atoms with Gasteiger partial charge in [0.1, 0.15) is 0 Å². The van der Waals surface area contributed by atoms with Crippen LogP contribution in [0.4, 0.5) is 0 Å². The number of hydrogen-bond acceptors (Lipinski definition) is 4. The summed E-state index contributed by atoms with van der Waals surface area (Å²) in [6.07, 6.45) is 1.59. The van der Waals surface area contributed by atoms with E-state index in [1.54, 1.807) is 24.3 Å². The predicted octanol–water partition coefficient (Wildman–Crippen LogP) is 1.37. The minimum absolute atomic E-state index is 0.0439. The molecule has 1 fully saturated rings. The third kappa shape index (κ3) is 5.05. The van der Waals surface area contributed by atoms with Crippen molar-refractivity contribution in [2.24, 2.45) is 5.92 Å². The van der Waals surface area contributed by atoms with Crippen molar-refractivity contribution in [3.05, 3.63) is 29.8 Å². The van der Waals surface area contributed by atoms with Crippen molar-refractivity contribution in [1.82, 2.24) is 9.62 Å². The minimum Gasteiger partial charge on any atom is -0.390 e. The number of nitrogens with one attached hydrogen (secondary N) is 1. The Bertz CT molecular complexity index is 564. The number of benzene rings is 1. The fraction of sp³-hybridized carbons (Fsp3) is 0.625. The molecule has 22 heavy (non-hydrogen) atoms. The zero-order valence-corrected chi connectivity index (χ0v) is 14.1. The van der Waals surface area contributed by atoms with E-state index >= 15 is 0 Å². The first-order valence-electron chi connectivity index (χ1n) is 7.83. The zero-order chi connectivity index (χ0) is 16.2. The number of aliphatic hydroxyl groups is 1. The smallest absolute Gasteiger partial charge is 0.240 e.